The van der Waals surface area contributed by atoms with E-state index in [2.05, 4.69) is 13.8 Å². The molecule has 2 unspecified atom stereocenters. The smallest absolute Gasteiger partial charge is 0.226 e. The molecule has 1 heterocycles. The highest BCUT2D eigenvalue weighted by atomic mass is 35.5. The number of hydrogen-bond donors (Lipinski definition) is 0. The Balaban J connectivity index is 2.94. The van der Waals surface area contributed by atoms with Crippen molar-refractivity contribution < 1.29 is 9.28 Å². The zero-order valence-corrected chi connectivity index (χ0v) is 10.8. The van der Waals surface area contributed by atoms with E-state index in [0.29, 0.717) is 17.6 Å². The number of halogens is 1. The zero-order chi connectivity index (χ0) is 11.6. The summed E-state index contributed by atoms with van der Waals surface area (Å²) in [6.07, 6.45) is 4.00. The van der Waals surface area contributed by atoms with E-state index in [0.717, 1.165) is 6.42 Å². The molecule has 0 spiro atoms. The van der Waals surface area contributed by atoms with Gasteiger partial charge in [-0.1, -0.05) is 13.8 Å². The Morgan fingerprint density at radius 1 is 1.67 bits per heavy atom. The molecular formula is C10H16ClN2OS+. The summed E-state index contributed by atoms with van der Waals surface area (Å²) in [5, 5.41) is 0.449. The van der Waals surface area contributed by atoms with Gasteiger partial charge in [-0.25, -0.2) is 13.7 Å². The highest BCUT2D eigenvalue weighted by Crippen LogP contribution is 2.21. The first kappa shape index (κ1) is 12.6. The molecule has 0 bridgehead atoms. The number of carbonyl (C=O) groups is 1. The molecule has 0 saturated carbocycles. The maximum absolute atomic E-state index is 11.8. The van der Waals surface area contributed by atoms with E-state index < -0.39 is 0 Å². The molecule has 0 radical (unpaired) electrons. The van der Waals surface area contributed by atoms with Crippen LogP contribution in [0, 0.1) is 5.92 Å². The Morgan fingerprint density at radius 2 is 2.27 bits per heavy atom. The van der Waals surface area contributed by atoms with Crippen molar-refractivity contribution in [1.29, 1.82) is 0 Å². The van der Waals surface area contributed by atoms with Crippen molar-refractivity contribution in [2.24, 2.45) is 5.92 Å². The normalized spacial score (nSPS) is 28.4. The van der Waals surface area contributed by atoms with Crippen LogP contribution in [0.3, 0.4) is 0 Å². The fourth-order valence-corrected chi connectivity index (χ4v) is 2.03. The highest BCUT2D eigenvalue weighted by Gasteiger charge is 2.41. The fraction of sp³-hybridized carbons (Fsp3) is 0.600. The van der Waals surface area contributed by atoms with Crippen LogP contribution < -0.4 is 0 Å². The molecule has 1 aliphatic rings. The van der Waals surface area contributed by atoms with Gasteiger partial charge in [0.15, 0.2) is 0 Å². The molecule has 0 aliphatic carbocycles. The van der Waals surface area contributed by atoms with Crippen LogP contribution in [0.5, 0.6) is 0 Å². The topological polar surface area (TPSA) is 20.3 Å². The first-order valence-corrected chi connectivity index (χ1v) is 5.74. The summed E-state index contributed by atoms with van der Waals surface area (Å²) in [5.74, 6) is 0.436. The van der Waals surface area contributed by atoms with Gasteiger partial charge in [0.05, 0.1) is 19.7 Å². The molecule has 2 atom stereocenters. The Bertz CT molecular complexity index is 319. The Kier molecular flexibility index (Phi) is 3.87. The molecule has 1 aliphatic heterocycles. The van der Waals surface area contributed by atoms with E-state index in [4.69, 9.17) is 24.0 Å². The second-order valence-corrected chi connectivity index (χ2v) is 4.86. The molecular weight excluding hydrogens is 232 g/mol. The molecule has 0 fully saturated rings. The monoisotopic (exact) mass is 247 g/mol. The van der Waals surface area contributed by atoms with Gasteiger partial charge in [-0.3, -0.25) is 0 Å². The fourth-order valence-electron chi connectivity index (χ4n) is 1.58. The second-order valence-electron chi connectivity index (χ2n) is 4.14. The molecule has 3 nitrogen and oxygen atoms in total. The molecule has 0 saturated heterocycles. The van der Waals surface area contributed by atoms with Gasteiger partial charge >= 0.3 is 5.91 Å². The summed E-state index contributed by atoms with van der Waals surface area (Å²) in [5.41, 5.74) is 0. The molecule has 0 aromatic heterocycles. The maximum atomic E-state index is 11.8. The summed E-state index contributed by atoms with van der Waals surface area (Å²) in [6, 6.07) is 0. The molecule has 0 aromatic carbocycles. The van der Waals surface area contributed by atoms with Crippen LogP contribution in [0.15, 0.2) is 12.3 Å². The van der Waals surface area contributed by atoms with Gasteiger partial charge in [0.1, 0.15) is 0 Å². The lowest BCUT2D eigenvalue weighted by Crippen LogP contribution is -2.59. The van der Waals surface area contributed by atoms with Crippen LogP contribution >= 0.6 is 24.0 Å². The number of quaternary nitrogens is 1. The number of rotatable bonds is 3. The van der Waals surface area contributed by atoms with Crippen molar-refractivity contribution in [3.63, 3.8) is 0 Å². The number of carbonyl (C=O) groups excluding carboxylic acids is 1. The number of likely N-dealkylation sites (N-methyl/N-ethyl adjacent to an activating group) is 1. The molecule has 15 heavy (non-hydrogen) atoms. The van der Waals surface area contributed by atoms with E-state index in [-0.39, 0.29) is 10.4 Å². The highest BCUT2D eigenvalue weighted by molar-refractivity contribution is 7.80. The van der Waals surface area contributed by atoms with Crippen molar-refractivity contribution in [2.45, 2.75) is 20.3 Å². The van der Waals surface area contributed by atoms with Crippen LogP contribution in [0.1, 0.15) is 20.3 Å². The molecule has 1 amide bonds. The van der Waals surface area contributed by atoms with E-state index in [9.17, 15) is 4.79 Å². The number of nitrogens with zero attached hydrogens (tertiary/aromatic N) is 2. The summed E-state index contributed by atoms with van der Waals surface area (Å²) in [6.45, 7) is 4.90. The van der Waals surface area contributed by atoms with Crippen molar-refractivity contribution in [1.82, 2.24) is 4.42 Å². The standard InChI is InChI=1S/C10H16ClN2OS/c1-4-8(2)7-13(3)9(14)5-6-12(11)10(13)15/h5-6,8H,4,7H2,1-3H3/q+1. The third-order valence-corrected chi connectivity index (χ3v) is 3.79. The van der Waals surface area contributed by atoms with Crippen molar-refractivity contribution in [3.8, 4) is 0 Å². The summed E-state index contributed by atoms with van der Waals surface area (Å²) < 4.78 is 1.42. The van der Waals surface area contributed by atoms with E-state index in [1.165, 1.54) is 16.7 Å². The lowest BCUT2D eigenvalue weighted by molar-refractivity contribution is -0.746. The largest absolute Gasteiger partial charge is 0.346 e. The third kappa shape index (κ3) is 2.38. The lowest BCUT2D eigenvalue weighted by atomic mass is 10.1. The SMILES string of the molecule is CCC(C)C[N+]1(C)C(=O)C=CN(Cl)C1=S. The summed E-state index contributed by atoms with van der Waals surface area (Å²) in [7, 11) is 1.82. The Hall–Kier alpha value is -0.450. The third-order valence-electron chi connectivity index (χ3n) is 2.81. The molecule has 84 valence electrons. The van der Waals surface area contributed by atoms with Crippen LogP contribution in [0.4, 0.5) is 0 Å². The van der Waals surface area contributed by atoms with Crippen LogP contribution in [0.2, 0.25) is 0 Å². The minimum atomic E-state index is -0.00259. The van der Waals surface area contributed by atoms with Crippen molar-refractivity contribution in [3.05, 3.63) is 12.3 Å². The van der Waals surface area contributed by atoms with Gasteiger partial charge in [0.25, 0.3) is 5.11 Å². The summed E-state index contributed by atoms with van der Waals surface area (Å²) in [4.78, 5) is 11.8. The van der Waals surface area contributed by atoms with Gasteiger partial charge in [-0.05, 0) is 6.42 Å². The average molecular weight is 248 g/mol. The van der Waals surface area contributed by atoms with Crippen LogP contribution in [0.25, 0.3) is 0 Å². The minimum Gasteiger partial charge on any atom is -0.226 e. The van der Waals surface area contributed by atoms with Gasteiger partial charge in [-0.15, -0.1) is 0 Å². The second kappa shape index (κ2) is 4.60. The maximum Gasteiger partial charge on any atom is 0.346 e. The Labute approximate surface area is 101 Å². The minimum absolute atomic E-state index is 0.00259. The van der Waals surface area contributed by atoms with Crippen molar-refractivity contribution in [2.75, 3.05) is 13.6 Å². The first-order chi connectivity index (χ1) is 6.91. The van der Waals surface area contributed by atoms with Gasteiger partial charge in [-0.2, -0.15) is 0 Å². The van der Waals surface area contributed by atoms with Crippen LogP contribution in [-0.2, 0) is 4.79 Å². The Morgan fingerprint density at radius 3 is 2.80 bits per heavy atom. The number of hydrogen-bond acceptors (Lipinski definition) is 2. The lowest BCUT2D eigenvalue weighted by Gasteiger charge is -2.36. The molecule has 0 N–H and O–H groups in total. The molecule has 0 aromatic rings. The quantitative estimate of drug-likeness (QED) is 0.434. The molecule has 1 rings (SSSR count). The average Bonchev–Trinajstić information content (AvgIpc) is 2.21. The number of amides is 1. The summed E-state index contributed by atoms with van der Waals surface area (Å²) >= 11 is 11.1. The van der Waals surface area contributed by atoms with E-state index in [1.807, 2.05) is 7.05 Å². The van der Waals surface area contributed by atoms with Crippen molar-refractivity contribution >= 4 is 35.0 Å². The van der Waals surface area contributed by atoms with Gasteiger partial charge < -0.3 is 0 Å². The van der Waals surface area contributed by atoms with Gasteiger partial charge in [0.2, 0.25) is 0 Å². The molecule has 5 heteroatoms. The zero-order valence-electron chi connectivity index (χ0n) is 9.24. The van der Waals surface area contributed by atoms with E-state index in [1.54, 1.807) is 0 Å². The van der Waals surface area contributed by atoms with Gasteiger partial charge in [0, 0.05) is 36.1 Å². The first-order valence-electron chi connectivity index (χ1n) is 4.99. The predicted octanol–water partition coefficient (Wildman–Crippen LogP) is 2.27. The van der Waals surface area contributed by atoms with E-state index >= 15 is 0 Å². The number of thiocarbonyl (C=S) groups is 1. The predicted molar refractivity (Wildman–Crippen MR) is 64.9 cm³/mol. The van der Waals surface area contributed by atoms with Crippen LogP contribution in [-0.4, -0.2) is 33.5 Å².